The van der Waals surface area contributed by atoms with Crippen molar-refractivity contribution in [3.05, 3.63) is 71.8 Å². The van der Waals surface area contributed by atoms with Crippen LogP contribution in [-0.4, -0.2) is 60.5 Å². The second kappa shape index (κ2) is 16.5. The second-order valence-corrected chi connectivity index (χ2v) is 8.27. The lowest BCUT2D eigenvalue weighted by Gasteiger charge is -2.30. The summed E-state index contributed by atoms with van der Waals surface area (Å²) in [5, 5.41) is 2.37. The highest BCUT2D eigenvalue weighted by Gasteiger charge is 2.39. The van der Waals surface area contributed by atoms with E-state index in [9.17, 15) is 24.0 Å². The number of unbranched alkanes of at least 4 members (excludes halogenated alkanes) is 1. The fourth-order valence-corrected chi connectivity index (χ4v) is 3.42. The Labute approximate surface area is 221 Å². The number of aldehydes is 1. The lowest BCUT2D eigenvalue weighted by Crippen LogP contribution is -2.55. The quantitative estimate of drug-likeness (QED) is 0.163. The molecule has 2 aromatic rings. The molecular weight excluding hydrogens is 494 g/mol. The third kappa shape index (κ3) is 10.0. The molecule has 11 heteroatoms. The van der Waals surface area contributed by atoms with E-state index in [-0.39, 0.29) is 19.6 Å². The summed E-state index contributed by atoms with van der Waals surface area (Å²) in [5.41, 5.74) is 6.96. The molecule has 0 aliphatic heterocycles. The molecule has 0 aliphatic rings. The van der Waals surface area contributed by atoms with Gasteiger partial charge >= 0.3 is 18.2 Å². The molecule has 0 fully saturated rings. The number of hydrogen-bond acceptors (Lipinski definition) is 9. The van der Waals surface area contributed by atoms with Crippen molar-refractivity contribution in [2.24, 2.45) is 5.73 Å². The first-order chi connectivity index (χ1) is 18.4. The Morgan fingerprint density at radius 3 is 2.03 bits per heavy atom. The number of ether oxygens (including phenoxy) is 3. The van der Waals surface area contributed by atoms with E-state index in [1.807, 2.05) is 6.07 Å². The highest BCUT2D eigenvalue weighted by molar-refractivity contribution is 6.00. The van der Waals surface area contributed by atoms with Gasteiger partial charge in [0.25, 0.3) is 5.91 Å². The van der Waals surface area contributed by atoms with E-state index in [0.717, 1.165) is 5.56 Å². The van der Waals surface area contributed by atoms with E-state index in [2.05, 4.69) is 5.32 Å². The number of nitrogens with zero attached hydrogens (tertiary/aromatic N) is 1. The molecule has 0 unspecified atom stereocenters. The van der Waals surface area contributed by atoms with Crippen LogP contribution in [0.1, 0.15) is 37.3 Å². The summed E-state index contributed by atoms with van der Waals surface area (Å²) in [6.07, 6.45) is -0.707. The number of benzene rings is 2. The van der Waals surface area contributed by atoms with Crippen LogP contribution in [0.2, 0.25) is 0 Å². The number of carbonyl (C=O) groups excluding carboxylic acids is 5. The van der Waals surface area contributed by atoms with Crippen LogP contribution in [0.15, 0.2) is 60.7 Å². The van der Waals surface area contributed by atoms with Crippen molar-refractivity contribution in [2.45, 2.75) is 51.5 Å². The minimum atomic E-state index is -1.40. The maximum atomic E-state index is 13.4. The summed E-state index contributed by atoms with van der Waals surface area (Å²) >= 11 is 0. The molecule has 0 saturated heterocycles. The number of imide groups is 1. The first kappa shape index (κ1) is 30.0. The van der Waals surface area contributed by atoms with Crippen molar-refractivity contribution in [1.29, 1.82) is 0 Å². The van der Waals surface area contributed by atoms with Crippen molar-refractivity contribution in [1.82, 2.24) is 10.2 Å². The van der Waals surface area contributed by atoms with Gasteiger partial charge in [0.15, 0.2) is 6.29 Å². The summed E-state index contributed by atoms with van der Waals surface area (Å²) in [6.45, 7) is 0.928. The van der Waals surface area contributed by atoms with Crippen molar-refractivity contribution in [3.63, 3.8) is 0 Å². The van der Waals surface area contributed by atoms with Gasteiger partial charge < -0.3 is 25.3 Å². The molecule has 2 aromatic carbocycles. The normalized spacial score (nSPS) is 11.9. The lowest BCUT2D eigenvalue weighted by molar-refractivity contribution is -0.155. The number of amides is 3. The van der Waals surface area contributed by atoms with E-state index in [1.165, 1.54) is 6.92 Å². The zero-order valence-corrected chi connectivity index (χ0v) is 21.2. The molecule has 0 spiro atoms. The summed E-state index contributed by atoms with van der Waals surface area (Å²) in [7, 11) is 0. The van der Waals surface area contributed by atoms with Crippen LogP contribution < -0.4 is 11.1 Å². The monoisotopic (exact) mass is 527 g/mol. The molecule has 38 heavy (non-hydrogen) atoms. The molecular formula is C27H33N3O8. The van der Waals surface area contributed by atoms with Crippen molar-refractivity contribution < 1.29 is 38.2 Å². The van der Waals surface area contributed by atoms with Crippen LogP contribution in [0, 0.1) is 0 Å². The van der Waals surface area contributed by atoms with Crippen molar-refractivity contribution in [3.8, 4) is 0 Å². The standard InChI is InChI=1S/C27H33N3O8/c1-20(29-26(34)37-18-21-10-4-2-5-11-21)24(32)30(27(35)38-19-22-12-6-3-7-13-22)23(14-8-9-15-28)25(33)36-17-16-31/h2-7,10-13,16,20,23H,8-9,14-15,17-19,28H2,1H3,(H,29,34)/t20-,23-/m0/s1. The number of esters is 1. The van der Waals surface area contributed by atoms with Crippen molar-refractivity contribution in [2.75, 3.05) is 13.2 Å². The zero-order valence-electron chi connectivity index (χ0n) is 21.2. The molecule has 0 aliphatic carbocycles. The van der Waals surface area contributed by atoms with Gasteiger partial charge in [-0.25, -0.2) is 19.3 Å². The van der Waals surface area contributed by atoms with Gasteiger partial charge in [0, 0.05) is 0 Å². The van der Waals surface area contributed by atoms with E-state index < -0.39 is 42.8 Å². The molecule has 11 nitrogen and oxygen atoms in total. The Morgan fingerprint density at radius 2 is 1.47 bits per heavy atom. The first-order valence-electron chi connectivity index (χ1n) is 12.2. The molecule has 0 heterocycles. The molecule has 0 radical (unpaired) electrons. The van der Waals surface area contributed by atoms with Gasteiger partial charge in [-0.2, -0.15) is 0 Å². The fourth-order valence-electron chi connectivity index (χ4n) is 3.42. The Hall–Kier alpha value is -4.25. The van der Waals surface area contributed by atoms with Crippen LogP contribution in [-0.2, 0) is 41.8 Å². The van der Waals surface area contributed by atoms with Crippen LogP contribution in [0.25, 0.3) is 0 Å². The predicted octanol–water partition coefficient (Wildman–Crippen LogP) is 2.71. The second-order valence-electron chi connectivity index (χ2n) is 8.27. The van der Waals surface area contributed by atoms with E-state index in [4.69, 9.17) is 19.9 Å². The number of rotatable bonds is 14. The molecule has 0 saturated carbocycles. The van der Waals surface area contributed by atoms with Gasteiger partial charge in [-0.3, -0.25) is 9.59 Å². The van der Waals surface area contributed by atoms with Gasteiger partial charge in [-0.05, 0) is 43.9 Å². The van der Waals surface area contributed by atoms with Crippen LogP contribution in [0.4, 0.5) is 9.59 Å². The Bertz CT molecular complexity index is 1050. The largest absolute Gasteiger partial charge is 0.456 e. The number of nitrogens with two attached hydrogens (primary N) is 1. The summed E-state index contributed by atoms with van der Waals surface area (Å²) in [4.78, 5) is 63.1. The number of nitrogens with one attached hydrogen (secondary N) is 1. The molecule has 204 valence electrons. The van der Waals surface area contributed by atoms with E-state index in [0.29, 0.717) is 36.1 Å². The average Bonchev–Trinajstić information content (AvgIpc) is 2.94. The average molecular weight is 528 g/mol. The Balaban J connectivity index is 2.20. The van der Waals surface area contributed by atoms with E-state index in [1.54, 1.807) is 54.6 Å². The van der Waals surface area contributed by atoms with Gasteiger partial charge in [0.05, 0.1) is 0 Å². The molecule has 3 amide bonds. The molecule has 3 N–H and O–H groups in total. The maximum absolute atomic E-state index is 13.4. The maximum Gasteiger partial charge on any atom is 0.417 e. The molecule has 0 bridgehead atoms. The van der Waals surface area contributed by atoms with Crippen molar-refractivity contribution >= 4 is 30.3 Å². The number of carbonyl (C=O) groups is 5. The van der Waals surface area contributed by atoms with E-state index >= 15 is 0 Å². The summed E-state index contributed by atoms with van der Waals surface area (Å²) < 4.78 is 15.4. The first-order valence-corrected chi connectivity index (χ1v) is 12.2. The van der Waals surface area contributed by atoms with Gasteiger partial charge in [-0.1, -0.05) is 60.7 Å². The lowest BCUT2D eigenvalue weighted by atomic mass is 10.1. The van der Waals surface area contributed by atoms with Crippen LogP contribution in [0.5, 0.6) is 0 Å². The predicted molar refractivity (Wildman–Crippen MR) is 136 cm³/mol. The highest BCUT2D eigenvalue weighted by Crippen LogP contribution is 2.16. The van der Waals surface area contributed by atoms with Gasteiger partial charge in [-0.15, -0.1) is 0 Å². The molecule has 2 rings (SSSR count). The summed E-state index contributed by atoms with van der Waals surface area (Å²) in [6, 6.07) is 15.0. The number of alkyl carbamates (subject to hydrolysis) is 1. The molecule has 0 aromatic heterocycles. The van der Waals surface area contributed by atoms with Crippen LogP contribution >= 0.6 is 0 Å². The third-order valence-corrected chi connectivity index (χ3v) is 5.37. The topological polar surface area (TPSA) is 154 Å². The third-order valence-electron chi connectivity index (χ3n) is 5.37. The Morgan fingerprint density at radius 1 is 0.895 bits per heavy atom. The highest BCUT2D eigenvalue weighted by atomic mass is 16.6. The van der Waals surface area contributed by atoms with Crippen LogP contribution in [0.3, 0.4) is 0 Å². The minimum Gasteiger partial charge on any atom is -0.456 e. The SMILES string of the molecule is C[C@H](NC(=O)OCc1ccccc1)C(=O)N(C(=O)OCc1ccccc1)[C@@H](CCCCN)C(=O)OCC=O. The Kier molecular flexibility index (Phi) is 13.0. The smallest absolute Gasteiger partial charge is 0.417 e. The summed E-state index contributed by atoms with van der Waals surface area (Å²) in [5.74, 6) is -1.88. The van der Waals surface area contributed by atoms with Gasteiger partial charge in [0.1, 0.15) is 31.9 Å². The zero-order chi connectivity index (χ0) is 27.8. The minimum absolute atomic E-state index is 0.0201. The van der Waals surface area contributed by atoms with Gasteiger partial charge in [0.2, 0.25) is 0 Å². The molecule has 2 atom stereocenters. The number of hydrogen-bond donors (Lipinski definition) is 2. The fraction of sp³-hybridized carbons (Fsp3) is 0.370.